The summed E-state index contributed by atoms with van der Waals surface area (Å²) in [5.74, 6) is 0. The van der Waals surface area contributed by atoms with E-state index in [1.54, 1.807) is 0 Å². The summed E-state index contributed by atoms with van der Waals surface area (Å²) in [6.07, 6.45) is -6.88. The predicted octanol–water partition coefficient (Wildman–Crippen LogP) is -0.658. The molecule has 0 aliphatic heterocycles. The van der Waals surface area contributed by atoms with Gasteiger partial charge in [0.15, 0.2) is 6.10 Å². The molecule has 0 radical (unpaired) electrons. The van der Waals surface area contributed by atoms with Crippen LogP contribution in [0, 0.1) is 11.3 Å². The van der Waals surface area contributed by atoms with Crippen LogP contribution in [0.2, 0.25) is 0 Å². The van der Waals surface area contributed by atoms with Gasteiger partial charge in [0, 0.05) is 13.2 Å². The lowest BCUT2D eigenvalue weighted by atomic mass is 10.3. The SMILES string of the molecule is Cn1cc(C#N)c(=O)n(C[C@H](O)C(F)(F)F)c1=O. The van der Waals surface area contributed by atoms with Gasteiger partial charge in [-0.2, -0.15) is 18.4 Å². The molecule has 0 unspecified atom stereocenters. The van der Waals surface area contributed by atoms with E-state index in [0.717, 1.165) is 10.8 Å². The zero-order chi connectivity index (χ0) is 14.1. The monoisotopic (exact) mass is 263 g/mol. The van der Waals surface area contributed by atoms with E-state index >= 15 is 0 Å². The van der Waals surface area contributed by atoms with Gasteiger partial charge in [-0.25, -0.2) is 4.79 Å². The van der Waals surface area contributed by atoms with Crippen LogP contribution in [0.3, 0.4) is 0 Å². The van der Waals surface area contributed by atoms with E-state index in [1.165, 1.54) is 13.1 Å². The number of nitriles is 1. The molecule has 0 aliphatic rings. The predicted molar refractivity (Wildman–Crippen MR) is 52.7 cm³/mol. The van der Waals surface area contributed by atoms with Crippen molar-refractivity contribution in [2.45, 2.75) is 18.8 Å². The van der Waals surface area contributed by atoms with E-state index in [9.17, 15) is 22.8 Å². The first kappa shape index (κ1) is 14.0. The second-order valence-electron chi connectivity index (χ2n) is 3.52. The lowest BCUT2D eigenvalue weighted by Gasteiger charge is -2.15. The first-order valence-corrected chi connectivity index (χ1v) is 4.64. The summed E-state index contributed by atoms with van der Waals surface area (Å²) in [6.45, 7) is -1.25. The van der Waals surface area contributed by atoms with Gasteiger partial charge >= 0.3 is 11.9 Å². The Balaban J connectivity index is 3.35. The van der Waals surface area contributed by atoms with Crippen molar-refractivity contribution in [3.8, 4) is 6.07 Å². The molecule has 1 heterocycles. The topological polar surface area (TPSA) is 88.0 Å². The molecule has 1 atom stereocenters. The first-order valence-electron chi connectivity index (χ1n) is 4.64. The van der Waals surface area contributed by atoms with Crippen molar-refractivity contribution >= 4 is 0 Å². The minimum Gasteiger partial charge on any atom is -0.382 e. The summed E-state index contributed by atoms with van der Waals surface area (Å²) in [5, 5.41) is 17.4. The third-order valence-corrected chi connectivity index (χ3v) is 2.18. The van der Waals surface area contributed by atoms with Crippen LogP contribution in [0.25, 0.3) is 0 Å². The van der Waals surface area contributed by atoms with E-state index < -0.39 is 35.6 Å². The molecule has 0 aromatic carbocycles. The smallest absolute Gasteiger partial charge is 0.382 e. The van der Waals surface area contributed by atoms with Gasteiger partial charge in [0.25, 0.3) is 5.56 Å². The first-order chi connectivity index (χ1) is 8.18. The van der Waals surface area contributed by atoms with Gasteiger partial charge in [0.1, 0.15) is 11.6 Å². The maximum Gasteiger partial charge on any atom is 0.416 e. The quantitative estimate of drug-likeness (QED) is 0.767. The molecular formula is C9H8F3N3O3. The summed E-state index contributed by atoms with van der Waals surface area (Å²) >= 11 is 0. The van der Waals surface area contributed by atoms with Crippen molar-refractivity contribution in [2.75, 3.05) is 0 Å². The molecule has 98 valence electrons. The fourth-order valence-corrected chi connectivity index (χ4v) is 1.24. The van der Waals surface area contributed by atoms with E-state index in [1.807, 2.05) is 0 Å². The number of hydrogen-bond donors (Lipinski definition) is 1. The van der Waals surface area contributed by atoms with E-state index in [2.05, 4.69) is 0 Å². The van der Waals surface area contributed by atoms with Gasteiger partial charge in [-0.05, 0) is 0 Å². The number of halogens is 3. The summed E-state index contributed by atoms with van der Waals surface area (Å²) in [7, 11) is 1.18. The van der Waals surface area contributed by atoms with Crippen molar-refractivity contribution in [1.29, 1.82) is 5.26 Å². The van der Waals surface area contributed by atoms with E-state index in [4.69, 9.17) is 10.4 Å². The molecule has 1 aromatic heterocycles. The molecule has 0 saturated carbocycles. The molecule has 1 N–H and O–H groups in total. The Labute approximate surface area is 98.1 Å². The number of aliphatic hydroxyl groups excluding tert-OH is 1. The third kappa shape index (κ3) is 2.60. The minimum atomic E-state index is -4.95. The maximum absolute atomic E-state index is 12.1. The Hall–Kier alpha value is -2.08. The van der Waals surface area contributed by atoms with Crippen LogP contribution in [0.15, 0.2) is 15.8 Å². The molecule has 18 heavy (non-hydrogen) atoms. The molecule has 1 rings (SSSR count). The summed E-state index contributed by atoms with van der Waals surface area (Å²) in [5.41, 5.74) is -2.68. The number of aromatic nitrogens is 2. The molecule has 0 amide bonds. The molecule has 0 aliphatic carbocycles. The Bertz CT molecular complexity index is 609. The van der Waals surface area contributed by atoms with Crippen molar-refractivity contribution in [3.63, 3.8) is 0 Å². The molecule has 1 aromatic rings. The Morgan fingerprint density at radius 1 is 1.50 bits per heavy atom. The van der Waals surface area contributed by atoms with Crippen LogP contribution in [-0.4, -0.2) is 26.5 Å². The molecule has 6 nitrogen and oxygen atoms in total. The number of rotatable bonds is 2. The average Bonchev–Trinajstić information content (AvgIpc) is 2.27. The average molecular weight is 263 g/mol. The van der Waals surface area contributed by atoms with Crippen molar-refractivity contribution in [1.82, 2.24) is 9.13 Å². The van der Waals surface area contributed by atoms with Crippen LogP contribution >= 0.6 is 0 Å². The number of aryl methyl sites for hydroxylation is 1. The van der Waals surface area contributed by atoms with Gasteiger partial charge in [-0.15, -0.1) is 0 Å². The number of aliphatic hydroxyl groups is 1. The summed E-state index contributed by atoms with van der Waals surface area (Å²) < 4.78 is 37.4. The molecule has 0 fully saturated rings. The molecule has 0 spiro atoms. The fourth-order valence-electron chi connectivity index (χ4n) is 1.24. The minimum absolute atomic E-state index is 0.177. The summed E-state index contributed by atoms with van der Waals surface area (Å²) in [4.78, 5) is 22.9. The highest BCUT2D eigenvalue weighted by Gasteiger charge is 2.39. The third-order valence-electron chi connectivity index (χ3n) is 2.18. The Kier molecular flexibility index (Phi) is 3.62. The second-order valence-corrected chi connectivity index (χ2v) is 3.52. The van der Waals surface area contributed by atoms with E-state index in [-0.39, 0.29) is 4.57 Å². The lowest BCUT2D eigenvalue weighted by molar-refractivity contribution is -0.207. The highest BCUT2D eigenvalue weighted by atomic mass is 19.4. The number of alkyl halides is 3. The largest absolute Gasteiger partial charge is 0.416 e. The Morgan fingerprint density at radius 3 is 2.50 bits per heavy atom. The van der Waals surface area contributed by atoms with Gasteiger partial charge in [0.2, 0.25) is 0 Å². The molecule has 9 heteroatoms. The van der Waals surface area contributed by atoms with Crippen LogP contribution < -0.4 is 11.2 Å². The van der Waals surface area contributed by atoms with Crippen molar-refractivity contribution in [3.05, 3.63) is 32.6 Å². The Morgan fingerprint density at radius 2 is 2.06 bits per heavy atom. The van der Waals surface area contributed by atoms with Gasteiger partial charge in [0.05, 0.1) is 6.54 Å². The maximum atomic E-state index is 12.1. The lowest BCUT2D eigenvalue weighted by Crippen LogP contribution is -2.45. The molecular weight excluding hydrogens is 255 g/mol. The normalized spacial score (nSPS) is 13.1. The van der Waals surface area contributed by atoms with Gasteiger partial charge in [-0.3, -0.25) is 9.36 Å². The molecule has 0 saturated heterocycles. The number of nitrogens with zero attached hydrogens (tertiary/aromatic N) is 3. The zero-order valence-corrected chi connectivity index (χ0v) is 9.10. The second kappa shape index (κ2) is 4.66. The summed E-state index contributed by atoms with van der Waals surface area (Å²) in [6, 6.07) is 1.46. The molecule has 0 bridgehead atoms. The highest BCUT2D eigenvalue weighted by Crippen LogP contribution is 2.20. The van der Waals surface area contributed by atoms with Crippen LogP contribution in [-0.2, 0) is 13.6 Å². The van der Waals surface area contributed by atoms with Gasteiger partial charge in [-0.1, -0.05) is 0 Å². The zero-order valence-electron chi connectivity index (χ0n) is 9.10. The van der Waals surface area contributed by atoms with Crippen LogP contribution in [0.4, 0.5) is 13.2 Å². The van der Waals surface area contributed by atoms with Crippen LogP contribution in [0.5, 0.6) is 0 Å². The fraction of sp³-hybridized carbons (Fsp3) is 0.444. The van der Waals surface area contributed by atoms with Gasteiger partial charge < -0.3 is 9.67 Å². The van der Waals surface area contributed by atoms with Crippen molar-refractivity contribution in [2.24, 2.45) is 7.05 Å². The van der Waals surface area contributed by atoms with E-state index in [0.29, 0.717) is 0 Å². The standard InChI is InChI=1S/C9H8F3N3O3/c1-14-3-5(2-13)7(17)15(8(14)18)4-6(16)9(10,11)12/h3,6,16H,4H2,1H3/t6-/m0/s1. The number of hydrogen-bond acceptors (Lipinski definition) is 4. The van der Waals surface area contributed by atoms with Crippen molar-refractivity contribution < 1.29 is 18.3 Å². The highest BCUT2D eigenvalue weighted by molar-refractivity contribution is 5.22. The van der Waals surface area contributed by atoms with Crippen LogP contribution in [0.1, 0.15) is 5.56 Å².